The van der Waals surface area contributed by atoms with E-state index < -0.39 is 0 Å². The molecule has 1 fully saturated rings. The van der Waals surface area contributed by atoms with Crippen molar-refractivity contribution in [2.75, 3.05) is 18.9 Å². The average Bonchev–Trinajstić information content (AvgIpc) is 2.49. The SMILES string of the molecule is Nc1ncc(C(=O)NC2CCOCC2)c2ccccc12. The van der Waals surface area contributed by atoms with Crippen molar-refractivity contribution >= 4 is 22.5 Å². The van der Waals surface area contributed by atoms with Crippen LogP contribution in [0, 0.1) is 0 Å². The van der Waals surface area contributed by atoms with E-state index in [1.165, 1.54) is 0 Å². The first-order chi connectivity index (χ1) is 9.75. The highest BCUT2D eigenvalue weighted by Crippen LogP contribution is 2.22. The molecule has 104 valence electrons. The molecule has 0 saturated carbocycles. The van der Waals surface area contributed by atoms with Gasteiger partial charge in [0.25, 0.3) is 5.91 Å². The van der Waals surface area contributed by atoms with E-state index in [1.54, 1.807) is 6.20 Å². The van der Waals surface area contributed by atoms with Gasteiger partial charge in [-0.2, -0.15) is 0 Å². The minimum absolute atomic E-state index is 0.0967. The number of rotatable bonds is 2. The van der Waals surface area contributed by atoms with Crippen molar-refractivity contribution in [3.05, 3.63) is 36.0 Å². The van der Waals surface area contributed by atoms with Crippen LogP contribution in [0.4, 0.5) is 5.82 Å². The molecule has 2 aromatic rings. The molecule has 1 aromatic carbocycles. The van der Waals surface area contributed by atoms with Crippen LogP contribution in [0.15, 0.2) is 30.5 Å². The molecule has 0 radical (unpaired) electrons. The molecule has 0 spiro atoms. The molecule has 3 rings (SSSR count). The van der Waals surface area contributed by atoms with Crippen molar-refractivity contribution in [2.45, 2.75) is 18.9 Å². The molecule has 2 heterocycles. The number of ether oxygens (including phenoxy) is 1. The number of aromatic nitrogens is 1. The fourth-order valence-electron chi connectivity index (χ4n) is 2.50. The lowest BCUT2D eigenvalue weighted by molar-refractivity contribution is 0.0697. The van der Waals surface area contributed by atoms with Gasteiger partial charge in [-0.1, -0.05) is 24.3 Å². The lowest BCUT2D eigenvalue weighted by atomic mass is 10.0. The summed E-state index contributed by atoms with van der Waals surface area (Å²) in [5.41, 5.74) is 6.42. The summed E-state index contributed by atoms with van der Waals surface area (Å²) in [5, 5.41) is 4.70. The molecule has 5 nitrogen and oxygen atoms in total. The van der Waals surface area contributed by atoms with E-state index in [1.807, 2.05) is 24.3 Å². The van der Waals surface area contributed by atoms with Gasteiger partial charge >= 0.3 is 0 Å². The summed E-state index contributed by atoms with van der Waals surface area (Å²) in [7, 11) is 0. The second-order valence-electron chi connectivity index (χ2n) is 4.96. The second-order valence-corrected chi connectivity index (χ2v) is 4.96. The molecule has 0 atom stereocenters. The van der Waals surface area contributed by atoms with E-state index in [9.17, 15) is 4.79 Å². The molecule has 1 aromatic heterocycles. The summed E-state index contributed by atoms with van der Waals surface area (Å²) in [4.78, 5) is 16.5. The molecule has 0 unspecified atom stereocenters. The first-order valence-corrected chi connectivity index (χ1v) is 6.77. The third-order valence-corrected chi connectivity index (χ3v) is 3.63. The zero-order valence-electron chi connectivity index (χ0n) is 11.1. The normalized spacial score (nSPS) is 16.2. The van der Waals surface area contributed by atoms with Gasteiger partial charge in [0.2, 0.25) is 0 Å². The molecule has 1 aliphatic heterocycles. The number of nitrogen functional groups attached to an aromatic ring is 1. The van der Waals surface area contributed by atoms with Gasteiger partial charge < -0.3 is 15.8 Å². The summed E-state index contributed by atoms with van der Waals surface area (Å²) in [6.07, 6.45) is 3.25. The van der Waals surface area contributed by atoms with Gasteiger partial charge in [-0.3, -0.25) is 4.79 Å². The Bertz CT molecular complexity index is 636. The monoisotopic (exact) mass is 271 g/mol. The molecule has 1 amide bonds. The first-order valence-electron chi connectivity index (χ1n) is 6.77. The summed E-state index contributed by atoms with van der Waals surface area (Å²) in [6, 6.07) is 7.73. The van der Waals surface area contributed by atoms with E-state index in [0.717, 1.165) is 23.6 Å². The molecular formula is C15H17N3O2. The Kier molecular flexibility index (Phi) is 3.52. The highest BCUT2D eigenvalue weighted by molar-refractivity contribution is 6.09. The zero-order valence-corrected chi connectivity index (χ0v) is 11.1. The molecule has 5 heteroatoms. The van der Waals surface area contributed by atoms with Crippen molar-refractivity contribution in [3.63, 3.8) is 0 Å². The van der Waals surface area contributed by atoms with Crippen molar-refractivity contribution < 1.29 is 9.53 Å². The van der Waals surface area contributed by atoms with Crippen LogP contribution in [0.25, 0.3) is 10.8 Å². The Morgan fingerprint density at radius 3 is 2.70 bits per heavy atom. The molecule has 20 heavy (non-hydrogen) atoms. The van der Waals surface area contributed by atoms with E-state index in [2.05, 4.69) is 10.3 Å². The number of benzene rings is 1. The van der Waals surface area contributed by atoms with E-state index >= 15 is 0 Å². The standard InChI is InChI=1S/C15H17N3O2/c16-14-12-4-2-1-3-11(12)13(9-17-14)15(19)18-10-5-7-20-8-6-10/h1-4,9-10H,5-8H2,(H2,16,17)(H,18,19). The minimum atomic E-state index is -0.0967. The van der Waals surface area contributed by atoms with Crippen molar-refractivity contribution in [3.8, 4) is 0 Å². The van der Waals surface area contributed by atoms with E-state index in [4.69, 9.17) is 10.5 Å². The summed E-state index contributed by atoms with van der Waals surface area (Å²) >= 11 is 0. The van der Waals surface area contributed by atoms with E-state index in [0.29, 0.717) is 24.6 Å². The Hall–Kier alpha value is -2.14. The van der Waals surface area contributed by atoms with Crippen LogP contribution in [-0.4, -0.2) is 30.1 Å². The maximum atomic E-state index is 12.4. The van der Waals surface area contributed by atoms with Gasteiger partial charge in [0.05, 0.1) is 5.56 Å². The molecule has 1 saturated heterocycles. The zero-order chi connectivity index (χ0) is 13.9. The van der Waals surface area contributed by atoms with Gasteiger partial charge in [0.15, 0.2) is 0 Å². The molecule has 3 N–H and O–H groups in total. The summed E-state index contributed by atoms with van der Waals surface area (Å²) in [5.74, 6) is 0.351. The van der Waals surface area contributed by atoms with Crippen LogP contribution in [0.5, 0.6) is 0 Å². The Balaban J connectivity index is 1.89. The summed E-state index contributed by atoms with van der Waals surface area (Å²) < 4.78 is 5.29. The van der Waals surface area contributed by atoms with Crippen molar-refractivity contribution in [2.24, 2.45) is 0 Å². The maximum absolute atomic E-state index is 12.4. The fraction of sp³-hybridized carbons (Fsp3) is 0.333. The third-order valence-electron chi connectivity index (χ3n) is 3.63. The highest BCUT2D eigenvalue weighted by atomic mass is 16.5. The molecular weight excluding hydrogens is 254 g/mol. The fourth-order valence-corrected chi connectivity index (χ4v) is 2.50. The summed E-state index contributed by atoms with van der Waals surface area (Å²) in [6.45, 7) is 1.40. The quantitative estimate of drug-likeness (QED) is 0.872. The number of carbonyl (C=O) groups is 1. The first kappa shape index (κ1) is 12.9. The van der Waals surface area contributed by atoms with Crippen LogP contribution in [0.2, 0.25) is 0 Å². The molecule has 0 bridgehead atoms. The van der Waals surface area contributed by atoms with Crippen LogP contribution >= 0.6 is 0 Å². The van der Waals surface area contributed by atoms with Crippen LogP contribution in [0.3, 0.4) is 0 Å². The van der Waals surface area contributed by atoms with E-state index in [-0.39, 0.29) is 11.9 Å². The smallest absolute Gasteiger partial charge is 0.253 e. The van der Waals surface area contributed by atoms with Gasteiger partial charge in [0, 0.05) is 30.8 Å². The second kappa shape index (κ2) is 5.46. The van der Waals surface area contributed by atoms with Crippen molar-refractivity contribution in [1.29, 1.82) is 0 Å². The minimum Gasteiger partial charge on any atom is -0.383 e. The van der Waals surface area contributed by atoms with Gasteiger partial charge in [-0.05, 0) is 18.2 Å². The highest BCUT2D eigenvalue weighted by Gasteiger charge is 2.19. The Labute approximate surface area is 117 Å². The number of nitrogens with two attached hydrogens (primary N) is 1. The van der Waals surface area contributed by atoms with Crippen molar-refractivity contribution in [1.82, 2.24) is 10.3 Å². The van der Waals surface area contributed by atoms with Crippen LogP contribution in [-0.2, 0) is 4.74 Å². The number of fused-ring (bicyclic) bond motifs is 1. The topological polar surface area (TPSA) is 77.2 Å². The third kappa shape index (κ3) is 2.44. The number of hydrogen-bond donors (Lipinski definition) is 2. The predicted octanol–water partition coefficient (Wildman–Crippen LogP) is 1.73. The largest absolute Gasteiger partial charge is 0.383 e. The number of carbonyl (C=O) groups excluding carboxylic acids is 1. The maximum Gasteiger partial charge on any atom is 0.253 e. The lowest BCUT2D eigenvalue weighted by Gasteiger charge is -2.23. The number of nitrogens with one attached hydrogen (secondary N) is 1. The predicted molar refractivity (Wildman–Crippen MR) is 77.5 cm³/mol. The van der Waals surface area contributed by atoms with Gasteiger partial charge in [0.1, 0.15) is 5.82 Å². The number of hydrogen-bond acceptors (Lipinski definition) is 4. The Morgan fingerprint density at radius 2 is 1.95 bits per heavy atom. The molecule has 0 aliphatic carbocycles. The van der Waals surface area contributed by atoms with Crippen LogP contribution in [0.1, 0.15) is 23.2 Å². The lowest BCUT2D eigenvalue weighted by Crippen LogP contribution is -2.39. The molecule has 1 aliphatic rings. The van der Waals surface area contributed by atoms with Gasteiger partial charge in [-0.25, -0.2) is 4.98 Å². The number of nitrogens with zero attached hydrogens (tertiary/aromatic N) is 1. The number of amides is 1. The van der Waals surface area contributed by atoms with Crippen LogP contribution < -0.4 is 11.1 Å². The number of pyridine rings is 1. The van der Waals surface area contributed by atoms with Gasteiger partial charge in [-0.15, -0.1) is 0 Å². The Morgan fingerprint density at radius 1 is 1.25 bits per heavy atom. The average molecular weight is 271 g/mol. The number of anilines is 1.